The maximum Gasteiger partial charge on any atom is 0.319 e. The van der Waals surface area contributed by atoms with Crippen LogP contribution >= 0.6 is 15.9 Å². The van der Waals surface area contributed by atoms with E-state index in [-0.39, 0.29) is 18.1 Å². The van der Waals surface area contributed by atoms with Gasteiger partial charge in [-0.05, 0) is 42.8 Å². The fourth-order valence-corrected chi connectivity index (χ4v) is 2.33. The van der Waals surface area contributed by atoms with E-state index in [1.54, 1.807) is 18.2 Å². The van der Waals surface area contributed by atoms with Gasteiger partial charge in [0.05, 0.1) is 12.2 Å². The molecule has 0 radical (unpaired) electrons. The van der Waals surface area contributed by atoms with Crippen molar-refractivity contribution < 1.29 is 14.0 Å². The van der Waals surface area contributed by atoms with Gasteiger partial charge in [0.15, 0.2) is 0 Å². The summed E-state index contributed by atoms with van der Waals surface area (Å²) in [5.41, 5.74) is 1.60. The highest BCUT2D eigenvalue weighted by Crippen LogP contribution is 2.19. The predicted octanol–water partition coefficient (Wildman–Crippen LogP) is 3.66. The van der Waals surface area contributed by atoms with Gasteiger partial charge in [0.25, 0.3) is 0 Å². The molecule has 0 spiro atoms. The van der Waals surface area contributed by atoms with Crippen LogP contribution in [0.2, 0.25) is 0 Å². The number of rotatable bonds is 4. The Morgan fingerprint density at radius 1 is 1.09 bits per heavy atom. The topological polar surface area (TPSA) is 70.2 Å². The van der Waals surface area contributed by atoms with Crippen LogP contribution in [0.5, 0.6) is 0 Å². The molecule has 2 aromatic carbocycles. The van der Waals surface area contributed by atoms with E-state index in [1.165, 1.54) is 18.2 Å². The molecule has 0 fully saturated rings. The van der Waals surface area contributed by atoms with Gasteiger partial charge in [-0.1, -0.05) is 28.1 Å². The van der Waals surface area contributed by atoms with Crippen molar-refractivity contribution in [3.63, 3.8) is 0 Å². The standard InChI is InChI=1S/C16H15BrFN3O2/c1-10-8-11(17)6-7-13(10)20-15(22)9-19-16(23)21-14-5-3-2-4-12(14)18/h2-8H,9H2,1H3,(H,20,22)(H2,19,21,23). The first-order valence-corrected chi connectivity index (χ1v) is 7.60. The molecule has 2 rings (SSSR count). The van der Waals surface area contributed by atoms with Crippen LogP contribution < -0.4 is 16.0 Å². The minimum atomic E-state index is -0.655. The number of anilines is 2. The Balaban J connectivity index is 1.84. The van der Waals surface area contributed by atoms with Crippen LogP contribution in [0.3, 0.4) is 0 Å². The summed E-state index contributed by atoms with van der Waals surface area (Å²) in [6.07, 6.45) is 0. The average molecular weight is 380 g/mol. The number of para-hydroxylation sites is 1. The number of hydrogen-bond acceptors (Lipinski definition) is 2. The second kappa shape index (κ2) is 7.73. The van der Waals surface area contributed by atoms with Gasteiger partial charge >= 0.3 is 6.03 Å². The number of nitrogens with one attached hydrogen (secondary N) is 3. The van der Waals surface area contributed by atoms with E-state index in [4.69, 9.17) is 0 Å². The second-order valence-corrected chi connectivity index (χ2v) is 5.71. The highest BCUT2D eigenvalue weighted by molar-refractivity contribution is 9.10. The van der Waals surface area contributed by atoms with Crippen LogP contribution in [0, 0.1) is 12.7 Å². The molecule has 0 saturated heterocycles. The number of carbonyl (C=O) groups excluding carboxylic acids is 2. The third-order valence-corrected chi connectivity index (χ3v) is 3.49. The lowest BCUT2D eigenvalue weighted by Gasteiger charge is -2.10. The molecule has 0 aliphatic heterocycles. The average Bonchev–Trinajstić information content (AvgIpc) is 2.50. The Bertz CT molecular complexity index is 737. The summed E-state index contributed by atoms with van der Waals surface area (Å²) in [5, 5.41) is 7.40. The highest BCUT2D eigenvalue weighted by Gasteiger charge is 2.09. The van der Waals surface area contributed by atoms with E-state index in [0.29, 0.717) is 5.69 Å². The van der Waals surface area contributed by atoms with Gasteiger partial charge < -0.3 is 16.0 Å². The van der Waals surface area contributed by atoms with E-state index in [1.807, 2.05) is 13.0 Å². The second-order valence-electron chi connectivity index (χ2n) is 4.79. The van der Waals surface area contributed by atoms with Gasteiger partial charge in [-0.25, -0.2) is 9.18 Å². The molecule has 3 amide bonds. The zero-order valence-corrected chi connectivity index (χ0v) is 13.9. The van der Waals surface area contributed by atoms with Crippen molar-refractivity contribution in [2.45, 2.75) is 6.92 Å². The molecule has 0 heterocycles. The molecule has 2 aromatic rings. The molecule has 7 heteroatoms. The lowest BCUT2D eigenvalue weighted by molar-refractivity contribution is -0.115. The molecule has 5 nitrogen and oxygen atoms in total. The molecule has 0 aromatic heterocycles. The zero-order valence-electron chi connectivity index (χ0n) is 12.3. The first-order valence-electron chi connectivity index (χ1n) is 6.81. The predicted molar refractivity (Wildman–Crippen MR) is 90.9 cm³/mol. The molecule has 0 aliphatic rings. The lowest BCUT2D eigenvalue weighted by Crippen LogP contribution is -2.36. The number of halogens is 2. The first kappa shape index (κ1) is 17.0. The summed E-state index contributed by atoms with van der Waals surface area (Å²) in [6, 6.07) is 10.6. The summed E-state index contributed by atoms with van der Waals surface area (Å²) < 4.78 is 14.3. The molecule has 0 aliphatic carbocycles. The van der Waals surface area contributed by atoms with Crippen molar-refractivity contribution in [2.24, 2.45) is 0 Å². The third-order valence-electron chi connectivity index (χ3n) is 2.99. The monoisotopic (exact) mass is 379 g/mol. The number of carbonyl (C=O) groups is 2. The zero-order chi connectivity index (χ0) is 16.8. The SMILES string of the molecule is Cc1cc(Br)ccc1NC(=O)CNC(=O)Nc1ccccc1F. The van der Waals surface area contributed by atoms with Crippen LogP contribution in [0.15, 0.2) is 46.9 Å². The molecule has 0 saturated carbocycles. The Morgan fingerprint density at radius 2 is 1.83 bits per heavy atom. The van der Waals surface area contributed by atoms with Crippen LogP contribution in [-0.2, 0) is 4.79 Å². The largest absolute Gasteiger partial charge is 0.329 e. The number of hydrogen-bond donors (Lipinski definition) is 3. The van der Waals surface area contributed by atoms with Crippen LogP contribution in [-0.4, -0.2) is 18.5 Å². The number of urea groups is 1. The van der Waals surface area contributed by atoms with E-state index in [0.717, 1.165) is 10.0 Å². The minimum absolute atomic E-state index is 0.0502. The molecular weight excluding hydrogens is 365 g/mol. The van der Waals surface area contributed by atoms with Gasteiger partial charge in [0.1, 0.15) is 5.82 Å². The van der Waals surface area contributed by atoms with Crippen molar-refractivity contribution in [3.05, 3.63) is 58.3 Å². The lowest BCUT2D eigenvalue weighted by atomic mass is 10.2. The molecule has 3 N–H and O–H groups in total. The number of amides is 3. The van der Waals surface area contributed by atoms with Crippen molar-refractivity contribution in [1.82, 2.24) is 5.32 Å². The summed E-state index contributed by atoms with van der Waals surface area (Å²) in [6.45, 7) is 1.63. The molecule has 0 bridgehead atoms. The van der Waals surface area contributed by atoms with E-state index < -0.39 is 11.8 Å². The summed E-state index contributed by atoms with van der Waals surface area (Å²) in [4.78, 5) is 23.5. The van der Waals surface area contributed by atoms with E-state index >= 15 is 0 Å². The van der Waals surface area contributed by atoms with Gasteiger partial charge in [-0.2, -0.15) is 0 Å². The fraction of sp³-hybridized carbons (Fsp3) is 0.125. The van der Waals surface area contributed by atoms with Gasteiger partial charge in [0, 0.05) is 10.2 Å². The number of aryl methyl sites for hydroxylation is 1. The van der Waals surface area contributed by atoms with Crippen molar-refractivity contribution >= 4 is 39.2 Å². The highest BCUT2D eigenvalue weighted by atomic mass is 79.9. The quantitative estimate of drug-likeness (QED) is 0.758. The summed E-state index contributed by atoms with van der Waals surface area (Å²) in [7, 11) is 0. The minimum Gasteiger partial charge on any atom is -0.329 e. The fourth-order valence-electron chi connectivity index (χ4n) is 1.85. The Kier molecular flexibility index (Phi) is 5.70. The first-order chi connectivity index (χ1) is 11.0. The molecule has 0 atom stereocenters. The smallest absolute Gasteiger partial charge is 0.319 e. The van der Waals surface area contributed by atoms with Crippen LogP contribution in [0.25, 0.3) is 0 Å². The van der Waals surface area contributed by atoms with Crippen LogP contribution in [0.1, 0.15) is 5.56 Å². The Hall–Kier alpha value is -2.41. The number of benzene rings is 2. The maximum absolute atomic E-state index is 13.4. The normalized spacial score (nSPS) is 10.0. The summed E-state index contributed by atoms with van der Waals surface area (Å²) >= 11 is 3.34. The van der Waals surface area contributed by atoms with E-state index in [2.05, 4.69) is 31.9 Å². The van der Waals surface area contributed by atoms with Gasteiger partial charge in [-0.15, -0.1) is 0 Å². The van der Waals surface area contributed by atoms with Crippen molar-refractivity contribution in [3.8, 4) is 0 Å². The van der Waals surface area contributed by atoms with Crippen molar-refractivity contribution in [1.29, 1.82) is 0 Å². The summed E-state index contributed by atoms with van der Waals surface area (Å²) in [5.74, 6) is -0.920. The molecule has 120 valence electrons. The third kappa shape index (κ3) is 5.07. The van der Waals surface area contributed by atoms with Gasteiger partial charge in [0.2, 0.25) is 5.91 Å². The van der Waals surface area contributed by atoms with E-state index in [9.17, 15) is 14.0 Å². The van der Waals surface area contributed by atoms with Gasteiger partial charge in [-0.3, -0.25) is 4.79 Å². The molecule has 23 heavy (non-hydrogen) atoms. The van der Waals surface area contributed by atoms with Crippen molar-refractivity contribution in [2.75, 3.05) is 17.2 Å². The maximum atomic E-state index is 13.4. The Morgan fingerprint density at radius 3 is 2.52 bits per heavy atom. The Labute approximate surface area is 141 Å². The molecule has 0 unspecified atom stereocenters. The van der Waals surface area contributed by atoms with Crippen LogP contribution in [0.4, 0.5) is 20.6 Å². The molecular formula is C16H15BrFN3O2.